The zero-order valence-corrected chi connectivity index (χ0v) is 25.3. The number of carbonyl (C=O) groups is 2. The molecule has 40 heavy (non-hydrogen) atoms. The van der Waals surface area contributed by atoms with E-state index >= 15 is 0 Å². The number of hydrogen-bond acceptors (Lipinski definition) is 5. The molecular weight excluding hydrogens is 573 g/mol. The van der Waals surface area contributed by atoms with Crippen molar-refractivity contribution in [2.75, 3.05) is 18.0 Å². The Kier molecular flexibility index (Phi) is 10.1. The summed E-state index contributed by atoms with van der Waals surface area (Å²) in [5.41, 5.74) is 0.170. The zero-order valence-electron chi connectivity index (χ0n) is 23.0. The monoisotopic (exact) mass is 605 g/mol. The largest absolute Gasteiger partial charge is 0.497 e. The van der Waals surface area contributed by atoms with Crippen LogP contribution in [0.5, 0.6) is 5.75 Å². The van der Waals surface area contributed by atoms with E-state index in [1.54, 1.807) is 55.5 Å². The number of para-hydroxylation sites is 1. The molecule has 3 aromatic rings. The second kappa shape index (κ2) is 12.9. The fourth-order valence-electron chi connectivity index (χ4n) is 3.91. The molecule has 0 fully saturated rings. The predicted octanol–water partition coefficient (Wildman–Crippen LogP) is 5.53. The summed E-state index contributed by atoms with van der Waals surface area (Å²) < 4.78 is 33.9. The molecule has 0 aliphatic rings. The molecule has 0 saturated heterocycles. The molecule has 1 N–H and O–H groups in total. The first-order valence-electron chi connectivity index (χ1n) is 12.5. The number of methoxy groups -OCH3 is 1. The van der Waals surface area contributed by atoms with Crippen molar-refractivity contribution < 1.29 is 22.7 Å². The lowest BCUT2D eigenvalue weighted by molar-refractivity contribution is -0.140. The summed E-state index contributed by atoms with van der Waals surface area (Å²) in [4.78, 5) is 28.4. The number of halogens is 2. The van der Waals surface area contributed by atoms with Crippen LogP contribution in [0.15, 0.2) is 77.7 Å². The summed E-state index contributed by atoms with van der Waals surface area (Å²) in [6.07, 6.45) is 0. The summed E-state index contributed by atoms with van der Waals surface area (Å²) in [5, 5.41) is 3.52. The van der Waals surface area contributed by atoms with Gasteiger partial charge in [-0.05, 0) is 76.2 Å². The van der Waals surface area contributed by atoms with Gasteiger partial charge in [0.25, 0.3) is 10.0 Å². The van der Waals surface area contributed by atoms with Gasteiger partial charge in [0.1, 0.15) is 18.3 Å². The SMILES string of the molecule is COc1ccc(S(=O)(=O)N(CC(=O)N(Cc2c(Cl)cccc2Cl)[C@@H](C)C(=O)NC(C)(C)C)c2ccccc2)cc1. The van der Waals surface area contributed by atoms with Gasteiger partial charge in [-0.25, -0.2) is 8.42 Å². The molecule has 0 aliphatic carbocycles. The molecule has 0 bridgehead atoms. The van der Waals surface area contributed by atoms with Crippen LogP contribution in [0.3, 0.4) is 0 Å². The molecular formula is C29H33Cl2N3O5S. The van der Waals surface area contributed by atoms with Crippen LogP contribution >= 0.6 is 23.2 Å². The first-order valence-corrected chi connectivity index (χ1v) is 14.7. The van der Waals surface area contributed by atoms with Crippen molar-refractivity contribution in [2.45, 2.75) is 50.7 Å². The van der Waals surface area contributed by atoms with Crippen LogP contribution in [-0.4, -0.2) is 50.4 Å². The maximum atomic E-state index is 14.0. The molecule has 0 saturated carbocycles. The van der Waals surface area contributed by atoms with Gasteiger partial charge in [-0.2, -0.15) is 0 Å². The Balaban J connectivity index is 2.05. The number of amides is 2. The van der Waals surface area contributed by atoms with Crippen molar-refractivity contribution in [3.63, 3.8) is 0 Å². The molecule has 214 valence electrons. The molecule has 2 amide bonds. The van der Waals surface area contributed by atoms with E-state index in [2.05, 4.69) is 5.32 Å². The normalized spacial score (nSPS) is 12.4. The van der Waals surface area contributed by atoms with Crippen LogP contribution in [0, 0.1) is 0 Å². The van der Waals surface area contributed by atoms with Gasteiger partial charge in [-0.3, -0.25) is 13.9 Å². The first-order chi connectivity index (χ1) is 18.7. The van der Waals surface area contributed by atoms with E-state index in [0.717, 1.165) is 4.31 Å². The van der Waals surface area contributed by atoms with Gasteiger partial charge < -0.3 is 15.0 Å². The van der Waals surface area contributed by atoms with Gasteiger partial charge in [-0.1, -0.05) is 47.5 Å². The number of ether oxygens (including phenoxy) is 1. The van der Waals surface area contributed by atoms with E-state index in [-0.39, 0.29) is 17.1 Å². The molecule has 0 aliphatic heterocycles. The van der Waals surface area contributed by atoms with Crippen LogP contribution in [0.4, 0.5) is 5.69 Å². The number of anilines is 1. The average Bonchev–Trinajstić information content (AvgIpc) is 2.90. The third kappa shape index (κ3) is 7.68. The summed E-state index contributed by atoms with van der Waals surface area (Å²) >= 11 is 12.8. The fraction of sp³-hybridized carbons (Fsp3) is 0.310. The van der Waals surface area contributed by atoms with Crippen LogP contribution < -0.4 is 14.4 Å². The highest BCUT2D eigenvalue weighted by atomic mass is 35.5. The van der Waals surface area contributed by atoms with Crippen molar-refractivity contribution in [2.24, 2.45) is 0 Å². The van der Waals surface area contributed by atoms with Gasteiger partial charge in [0, 0.05) is 27.7 Å². The Labute approximate surface area is 245 Å². The standard InChI is InChI=1S/C29H33Cl2N3O5S/c1-20(28(36)32-29(2,3)4)33(18-24-25(30)12-9-13-26(24)31)27(35)19-34(21-10-7-6-8-11-21)40(37,38)23-16-14-22(39-5)15-17-23/h6-17,20H,18-19H2,1-5H3,(H,32,36)/t20-/m0/s1. The third-order valence-electron chi connectivity index (χ3n) is 6.03. The lowest BCUT2D eigenvalue weighted by atomic mass is 10.1. The number of rotatable bonds is 10. The molecule has 0 aromatic heterocycles. The minimum Gasteiger partial charge on any atom is -0.497 e. The van der Waals surface area contributed by atoms with Gasteiger partial charge in [0.15, 0.2) is 0 Å². The van der Waals surface area contributed by atoms with Crippen molar-refractivity contribution in [1.29, 1.82) is 0 Å². The Morgan fingerprint density at radius 2 is 1.50 bits per heavy atom. The molecule has 0 radical (unpaired) electrons. The Morgan fingerprint density at radius 1 is 0.925 bits per heavy atom. The number of sulfonamides is 1. The highest BCUT2D eigenvalue weighted by Gasteiger charge is 2.34. The lowest BCUT2D eigenvalue weighted by Crippen LogP contribution is -2.54. The maximum Gasteiger partial charge on any atom is 0.264 e. The summed E-state index contributed by atoms with van der Waals surface area (Å²) in [6.45, 7) is 6.37. The smallest absolute Gasteiger partial charge is 0.264 e. The highest BCUT2D eigenvalue weighted by Crippen LogP contribution is 2.29. The molecule has 0 unspecified atom stereocenters. The Hall–Kier alpha value is -3.27. The average molecular weight is 607 g/mol. The quantitative estimate of drug-likeness (QED) is 0.328. The van der Waals surface area contributed by atoms with Gasteiger partial charge in [0.05, 0.1) is 17.7 Å². The fourth-order valence-corrected chi connectivity index (χ4v) is 5.84. The number of nitrogens with one attached hydrogen (secondary N) is 1. The first kappa shape index (κ1) is 31.3. The van der Waals surface area contributed by atoms with E-state index in [1.807, 2.05) is 20.8 Å². The molecule has 11 heteroatoms. The van der Waals surface area contributed by atoms with Crippen LogP contribution in [0.2, 0.25) is 10.0 Å². The number of benzene rings is 3. The van der Waals surface area contributed by atoms with Crippen molar-refractivity contribution >= 4 is 50.7 Å². The minimum atomic E-state index is -4.19. The molecule has 3 aromatic carbocycles. The lowest BCUT2D eigenvalue weighted by Gasteiger charge is -2.33. The molecule has 0 spiro atoms. The Bertz CT molecular complexity index is 1420. The summed E-state index contributed by atoms with van der Waals surface area (Å²) in [7, 11) is -2.71. The van der Waals surface area contributed by atoms with E-state index in [1.165, 1.54) is 36.3 Å². The summed E-state index contributed by atoms with van der Waals surface area (Å²) in [5.74, 6) is -0.537. The van der Waals surface area contributed by atoms with Gasteiger partial charge in [0.2, 0.25) is 11.8 Å². The maximum absolute atomic E-state index is 14.0. The zero-order chi connectivity index (χ0) is 29.7. The minimum absolute atomic E-state index is 0.0239. The van der Waals surface area contributed by atoms with Crippen LogP contribution in [0.25, 0.3) is 0 Å². The molecule has 1 atom stereocenters. The summed E-state index contributed by atoms with van der Waals surface area (Å²) in [6, 6.07) is 18.1. The molecule has 8 nitrogen and oxygen atoms in total. The van der Waals surface area contributed by atoms with Crippen LogP contribution in [0.1, 0.15) is 33.3 Å². The van der Waals surface area contributed by atoms with Crippen molar-refractivity contribution in [3.8, 4) is 5.75 Å². The number of nitrogens with zero attached hydrogens (tertiary/aromatic N) is 2. The van der Waals surface area contributed by atoms with Crippen molar-refractivity contribution in [1.82, 2.24) is 10.2 Å². The second-order valence-corrected chi connectivity index (χ2v) is 12.8. The van der Waals surface area contributed by atoms with Gasteiger partial charge >= 0.3 is 0 Å². The highest BCUT2D eigenvalue weighted by molar-refractivity contribution is 7.92. The second-order valence-electron chi connectivity index (χ2n) is 10.2. The predicted molar refractivity (Wildman–Crippen MR) is 158 cm³/mol. The number of carbonyl (C=O) groups excluding carboxylic acids is 2. The van der Waals surface area contributed by atoms with E-state index in [9.17, 15) is 18.0 Å². The van der Waals surface area contributed by atoms with E-state index < -0.39 is 40.0 Å². The molecule has 0 heterocycles. The Morgan fingerprint density at radius 3 is 2.02 bits per heavy atom. The van der Waals surface area contributed by atoms with E-state index in [0.29, 0.717) is 21.4 Å². The third-order valence-corrected chi connectivity index (χ3v) is 8.52. The van der Waals surface area contributed by atoms with Gasteiger partial charge in [-0.15, -0.1) is 0 Å². The van der Waals surface area contributed by atoms with Crippen molar-refractivity contribution in [3.05, 3.63) is 88.4 Å². The van der Waals surface area contributed by atoms with Crippen LogP contribution in [-0.2, 0) is 26.2 Å². The molecule has 3 rings (SSSR count). The number of hydrogen-bond donors (Lipinski definition) is 1. The topological polar surface area (TPSA) is 96.0 Å². The van der Waals surface area contributed by atoms with E-state index in [4.69, 9.17) is 27.9 Å².